The van der Waals surface area contributed by atoms with E-state index >= 15 is 0 Å². The summed E-state index contributed by atoms with van der Waals surface area (Å²) in [5.74, 6) is -1.06. The third-order valence-electron chi connectivity index (χ3n) is 11.2. The molecule has 0 bridgehead atoms. The van der Waals surface area contributed by atoms with Crippen molar-refractivity contribution in [2.24, 2.45) is 0 Å². The number of unbranched alkanes of at least 4 members (excludes halogenated alkanes) is 8. The van der Waals surface area contributed by atoms with E-state index in [-0.39, 0.29) is 38.0 Å². The molecular formula is C68H102O6. The predicted octanol–water partition coefficient (Wildman–Crippen LogP) is 19.7. The summed E-state index contributed by atoms with van der Waals surface area (Å²) in [6, 6.07) is 0. The summed E-state index contributed by atoms with van der Waals surface area (Å²) in [6.45, 7) is 6.23. The van der Waals surface area contributed by atoms with Crippen LogP contribution in [0.15, 0.2) is 182 Å². The van der Waals surface area contributed by atoms with Crippen molar-refractivity contribution in [3.8, 4) is 0 Å². The molecule has 0 aliphatic carbocycles. The molecule has 0 aliphatic rings. The minimum Gasteiger partial charge on any atom is -0.462 e. The summed E-state index contributed by atoms with van der Waals surface area (Å²) in [5, 5.41) is 0. The van der Waals surface area contributed by atoms with Crippen molar-refractivity contribution in [1.29, 1.82) is 0 Å². The largest absolute Gasteiger partial charge is 0.462 e. The van der Waals surface area contributed by atoms with Gasteiger partial charge in [-0.3, -0.25) is 14.4 Å². The predicted molar refractivity (Wildman–Crippen MR) is 320 cm³/mol. The van der Waals surface area contributed by atoms with Crippen LogP contribution in [0.1, 0.15) is 207 Å². The highest BCUT2D eigenvalue weighted by atomic mass is 16.6. The summed E-state index contributed by atoms with van der Waals surface area (Å²) < 4.78 is 16.6. The van der Waals surface area contributed by atoms with Crippen LogP contribution in [0.3, 0.4) is 0 Å². The van der Waals surface area contributed by atoms with E-state index in [1.54, 1.807) is 0 Å². The molecule has 0 aromatic heterocycles. The first-order valence-electron chi connectivity index (χ1n) is 28.8. The molecule has 0 N–H and O–H groups in total. The number of hydrogen-bond donors (Lipinski definition) is 0. The van der Waals surface area contributed by atoms with Crippen molar-refractivity contribution < 1.29 is 28.6 Å². The molecule has 0 saturated heterocycles. The van der Waals surface area contributed by atoms with E-state index in [2.05, 4.69) is 203 Å². The molecule has 0 heterocycles. The molecule has 0 spiro atoms. The quantitative estimate of drug-likeness (QED) is 0.0261. The zero-order valence-corrected chi connectivity index (χ0v) is 46.8. The van der Waals surface area contributed by atoms with Crippen LogP contribution in [0.25, 0.3) is 0 Å². The molecular weight excluding hydrogens is 913 g/mol. The Hall–Kier alpha value is -5.49. The lowest BCUT2D eigenvalue weighted by molar-refractivity contribution is -0.167. The van der Waals surface area contributed by atoms with Gasteiger partial charge in [-0.15, -0.1) is 0 Å². The van der Waals surface area contributed by atoms with Gasteiger partial charge in [0.1, 0.15) is 13.2 Å². The van der Waals surface area contributed by atoms with Crippen LogP contribution in [-0.2, 0) is 28.6 Å². The van der Waals surface area contributed by atoms with Crippen molar-refractivity contribution in [2.45, 2.75) is 213 Å². The molecule has 0 radical (unpaired) electrons. The number of carbonyl (C=O) groups is 3. The van der Waals surface area contributed by atoms with Gasteiger partial charge in [0.05, 0.1) is 0 Å². The second-order valence-electron chi connectivity index (χ2n) is 18.1. The van der Waals surface area contributed by atoms with Crippen molar-refractivity contribution in [3.05, 3.63) is 182 Å². The fourth-order valence-electron chi connectivity index (χ4n) is 6.91. The maximum absolute atomic E-state index is 12.8. The van der Waals surface area contributed by atoms with E-state index in [1.807, 2.05) is 0 Å². The SMILES string of the molecule is CC/C=C\C/C=C\C/C=C\C/C=C\C/C=C\C/C=C\C/C=C\C/C=C\CCCCC(=O)OCC(COC(=O)CCCCCCCC)OC(=O)CCC/C=C\C/C=C\C/C=C\C/C=C\C/C=C\C/C=C\C/C=C\CC. The molecule has 6 heteroatoms. The smallest absolute Gasteiger partial charge is 0.306 e. The number of rotatable bonds is 49. The average Bonchev–Trinajstić information content (AvgIpc) is 3.40. The first-order chi connectivity index (χ1) is 36.5. The lowest BCUT2D eigenvalue weighted by Gasteiger charge is -2.18. The van der Waals surface area contributed by atoms with Gasteiger partial charge in [-0.2, -0.15) is 0 Å². The number of carbonyl (C=O) groups excluding carboxylic acids is 3. The highest BCUT2D eigenvalue weighted by Gasteiger charge is 2.19. The van der Waals surface area contributed by atoms with Gasteiger partial charge in [0.25, 0.3) is 0 Å². The summed E-state index contributed by atoms with van der Waals surface area (Å²) >= 11 is 0. The van der Waals surface area contributed by atoms with E-state index in [0.717, 1.165) is 135 Å². The lowest BCUT2D eigenvalue weighted by Crippen LogP contribution is -2.30. The molecule has 0 aromatic carbocycles. The Kier molecular flexibility index (Phi) is 55.6. The Labute approximate surface area is 453 Å². The van der Waals surface area contributed by atoms with E-state index in [0.29, 0.717) is 19.3 Å². The summed E-state index contributed by atoms with van der Waals surface area (Å²) in [4.78, 5) is 37.9. The fourth-order valence-corrected chi connectivity index (χ4v) is 6.91. The van der Waals surface area contributed by atoms with Crippen molar-refractivity contribution in [1.82, 2.24) is 0 Å². The van der Waals surface area contributed by atoms with Crippen molar-refractivity contribution in [3.63, 3.8) is 0 Å². The van der Waals surface area contributed by atoms with Crippen LogP contribution >= 0.6 is 0 Å². The minimum atomic E-state index is -0.834. The van der Waals surface area contributed by atoms with Gasteiger partial charge in [0, 0.05) is 19.3 Å². The van der Waals surface area contributed by atoms with Gasteiger partial charge in [0.15, 0.2) is 6.10 Å². The first-order valence-corrected chi connectivity index (χ1v) is 28.8. The highest BCUT2D eigenvalue weighted by molar-refractivity contribution is 5.71. The summed E-state index contributed by atoms with van der Waals surface area (Å²) in [7, 11) is 0. The van der Waals surface area contributed by atoms with E-state index in [1.165, 1.54) is 19.3 Å². The number of allylic oxidation sites excluding steroid dienone is 30. The molecule has 0 fully saturated rings. The second kappa shape index (κ2) is 60.1. The summed E-state index contributed by atoms with van der Waals surface area (Å²) in [5.41, 5.74) is 0. The van der Waals surface area contributed by atoms with Gasteiger partial charge in [0.2, 0.25) is 0 Å². The second-order valence-corrected chi connectivity index (χ2v) is 18.1. The van der Waals surface area contributed by atoms with Crippen LogP contribution in [-0.4, -0.2) is 37.2 Å². The first kappa shape index (κ1) is 68.5. The fraction of sp³-hybridized carbons (Fsp3) is 0.515. The Bertz CT molecular complexity index is 1780. The molecule has 0 aliphatic heterocycles. The molecule has 6 nitrogen and oxygen atoms in total. The lowest BCUT2D eigenvalue weighted by atomic mass is 10.1. The van der Waals surface area contributed by atoms with Crippen LogP contribution in [0.2, 0.25) is 0 Å². The standard InChI is InChI=1S/C68H102O6/c1-4-7-10-13-16-18-20-22-24-26-28-30-32-33-34-35-37-38-40-42-44-46-48-50-52-55-58-61-67(70)73-64-65(63-72-66(69)60-57-54-15-12-9-6-3)74-68(71)62-59-56-53-51-49-47-45-43-41-39-36-31-29-27-25-23-21-19-17-14-11-8-5-2/h7-8,10-11,16-19,22-25,28-31,33-34,37-39,41-42,44-45,47-48,50-51,53,65H,4-6,9,12-15,20-21,26-27,32,35-36,40,43,46,49,52,54-64H2,1-3H3/b10-7-,11-8-,18-16-,19-17-,24-22-,25-23-,30-28-,31-29-,34-33-,38-37-,41-39-,44-42-,47-45-,50-48-,53-51-. The molecule has 1 unspecified atom stereocenters. The Balaban J connectivity index is 4.40. The van der Waals surface area contributed by atoms with Crippen LogP contribution in [0.4, 0.5) is 0 Å². The van der Waals surface area contributed by atoms with Gasteiger partial charge in [-0.05, 0) is 135 Å². The van der Waals surface area contributed by atoms with E-state index in [4.69, 9.17) is 14.2 Å². The third kappa shape index (κ3) is 57.4. The molecule has 0 rings (SSSR count). The van der Waals surface area contributed by atoms with Crippen molar-refractivity contribution in [2.75, 3.05) is 13.2 Å². The average molecular weight is 1020 g/mol. The van der Waals surface area contributed by atoms with Gasteiger partial charge < -0.3 is 14.2 Å². The zero-order valence-electron chi connectivity index (χ0n) is 46.8. The summed E-state index contributed by atoms with van der Waals surface area (Å²) in [6.07, 6.45) is 90.6. The zero-order chi connectivity index (χ0) is 53.6. The Morgan fingerprint density at radius 2 is 0.541 bits per heavy atom. The molecule has 74 heavy (non-hydrogen) atoms. The monoisotopic (exact) mass is 1010 g/mol. The van der Waals surface area contributed by atoms with E-state index < -0.39 is 12.1 Å². The molecule has 0 saturated carbocycles. The molecule has 0 aromatic rings. The highest BCUT2D eigenvalue weighted by Crippen LogP contribution is 2.11. The van der Waals surface area contributed by atoms with Crippen molar-refractivity contribution >= 4 is 17.9 Å². The third-order valence-corrected chi connectivity index (χ3v) is 11.2. The topological polar surface area (TPSA) is 78.9 Å². The number of esters is 3. The maximum atomic E-state index is 12.8. The number of hydrogen-bond acceptors (Lipinski definition) is 6. The number of ether oxygens (including phenoxy) is 3. The van der Waals surface area contributed by atoms with Gasteiger partial charge in [-0.25, -0.2) is 0 Å². The van der Waals surface area contributed by atoms with Crippen LogP contribution in [0.5, 0.6) is 0 Å². The van der Waals surface area contributed by atoms with Gasteiger partial charge in [-0.1, -0.05) is 235 Å². The Morgan fingerprint density at radius 3 is 0.865 bits per heavy atom. The van der Waals surface area contributed by atoms with Crippen LogP contribution in [0, 0.1) is 0 Å². The molecule has 1 atom stereocenters. The molecule has 410 valence electrons. The normalized spacial score (nSPS) is 13.5. The Morgan fingerprint density at radius 1 is 0.284 bits per heavy atom. The minimum absolute atomic E-state index is 0.125. The van der Waals surface area contributed by atoms with Gasteiger partial charge >= 0.3 is 17.9 Å². The molecule has 0 amide bonds. The maximum Gasteiger partial charge on any atom is 0.306 e. The van der Waals surface area contributed by atoms with E-state index in [9.17, 15) is 14.4 Å². The van der Waals surface area contributed by atoms with Crippen LogP contribution < -0.4 is 0 Å².